The maximum absolute atomic E-state index is 10.5. The Morgan fingerprint density at radius 3 is 3.06 bits per heavy atom. The summed E-state index contributed by atoms with van der Waals surface area (Å²) in [6.07, 6.45) is 3.28. The van der Waals surface area contributed by atoms with Gasteiger partial charge in [-0.25, -0.2) is 4.98 Å². The number of thioether (sulfide) groups is 1. The molecule has 16 heavy (non-hydrogen) atoms. The van der Waals surface area contributed by atoms with E-state index in [1.54, 1.807) is 11.3 Å². The molecule has 2 rings (SSSR count). The summed E-state index contributed by atoms with van der Waals surface area (Å²) >= 11 is 3.00. The Labute approximate surface area is 103 Å². The van der Waals surface area contributed by atoms with E-state index in [2.05, 4.69) is 18.8 Å². The molecule has 3 nitrogen and oxygen atoms in total. The maximum Gasteiger partial charge on any atom is 0.313 e. The number of thiazole rings is 1. The minimum atomic E-state index is -0.779. The molecule has 5 heteroatoms. The summed E-state index contributed by atoms with van der Waals surface area (Å²) in [4.78, 5) is 16.3. The molecule has 0 spiro atoms. The van der Waals surface area contributed by atoms with Gasteiger partial charge in [0, 0.05) is 4.88 Å². The van der Waals surface area contributed by atoms with Gasteiger partial charge < -0.3 is 5.11 Å². The molecule has 0 bridgehead atoms. The van der Waals surface area contributed by atoms with Crippen molar-refractivity contribution >= 4 is 29.1 Å². The summed E-state index contributed by atoms with van der Waals surface area (Å²) in [5.74, 6) is -0.672. The van der Waals surface area contributed by atoms with Crippen molar-refractivity contribution in [3.05, 3.63) is 10.6 Å². The number of hydrogen-bond donors (Lipinski definition) is 1. The highest BCUT2D eigenvalue weighted by Gasteiger charge is 2.28. The van der Waals surface area contributed by atoms with E-state index < -0.39 is 5.97 Å². The normalized spacial score (nSPS) is 18.1. The fraction of sp³-hybridized carbons (Fsp3) is 0.636. The largest absolute Gasteiger partial charge is 0.481 e. The molecular formula is C11H15NO2S2. The van der Waals surface area contributed by atoms with E-state index in [-0.39, 0.29) is 5.75 Å². The third-order valence-corrected chi connectivity index (χ3v) is 4.98. The number of hydrogen-bond acceptors (Lipinski definition) is 4. The maximum atomic E-state index is 10.5. The third kappa shape index (κ3) is 2.77. The molecule has 1 aromatic rings. The lowest BCUT2D eigenvalue weighted by Gasteiger charge is -2.28. The molecule has 0 aromatic carbocycles. The number of carboxylic acid groups (broad SMARTS) is 1. The van der Waals surface area contributed by atoms with Gasteiger partial charge in [0.25, 0.3) is 0 Å². The van der Waals surface area contributed by atoms with Crippen LogP contribution in [0.1, 0.15) is 30.8 Å². The van der Waals surface area contributed by atoms with Crippen molar-refractivity contribution in [3.63, 3.8) is 0 Å². The summed E-state index contributed by atoms with van der Waals surface area (Å²) in [5, 5.41) is 8.62. The first kappa shape index (κ1) is 11.9. The van der Waals surface area contributed by atoms with E-state index in [1.165, 1.54) is 28.8 Å². The lowest BCUT2D eigenvalue weighted by molar-refractivity contribution is -0.133. The summed E-state index contributed by atoms with van der Waals surface area (Å²) in [6, 6.07) is 0. The molecule has 0 amide bonds. The number of aryl methyl sites for hydroxylation is 1. The van der Waals surface area contributed by atoms with Gasteiger partial charge in [-0.05, 0) is 24.7 Å². The first-order valence-corrected chi connectivity index (χ1v) is 7.10. The van der Waals surface area contributed by atoms with Gasteiger partial charge in [0.2, 0.25) is 0 Å². The quantitative estimate of drug-likeness (QED) is 0.846. The van der Waals surface area contributed by atoms with Crippen molar-refractivity contribution in [2.45, 2.75) is 37.4 Å². The number of carboxylic acids is 1. The highest BCUT2D eigenvalue weighted by atomic mass is 32.2. The Bertz CT molecular complexity index is 412. The zero-order chi connectivity index (χ0) is 11.8. The van der Waals surface area contributed by atoms with Gasteiger partial charge in [0.1, 0.15) is 0 Å². The van der Waals surface area contributed by atoms with E-state index in [0.717, 1.165) is 17.2 Å². The summed E-state index contributed by atoms with van der Waals surface area (Å²) in [5.41, 5.74) is 1.56. The van der Waals surface area contributed by atoms with Gasteiger partial charge >= 0.3 is 5.97 Å². The zero-order valence-electron chi connectivity index (χ0n) is 9.45. The minimum Gasteiger partial charge on any atom is -0.481 e. The Balaban J connectivity index is 2.09. The number of carbonyl (C=O) groups is 1. The molecule has 0 saturated carbocycles. The van der Waals surface area contributed by atoms with Crippen molar-refractivity contribution in [2.24, 2.45) is 5.41 Å². The SMILES string of the molecule is CC1(C)CCc2nc(SCC(=O)O)sc2C1. The molecule has 1 heterocycles. The van der Waals surface area contributed by atoms with Gasteiger partial charge in [0.05, 0.1) is 11.4 Å². The van der Waals surface area contributed by atoms with Crippen LogP contribution in [0.15, 0.2) is 4.34 Å². The minimum absolute atomic E-state index is 0.107. The number of fused-ring (bicyclic) bond motifs is 1. The fourth-order valence-electron chi connectivity index (χ4n) is 1.86. The Morgan fingerprint density at radius 1 is 1.62 bits per heavy atom. The second-order valence-electron chi connectivity index (χ2n) is 4.87. The average molecular weight is 257 g/mol. The average Bonchev–Trinajstić information content (AvgIpc) is 2.55. The molecule has 1 N–H and O–H groups in total. The lowest BCUT2D eigenvalue weighted by Crippen LogP contribution is -2.20. The van der Waals surface area contributed by atoms with Crippen LogP contribution in [0, 0.1) is 5.41 Å². The van der Waals surface area contributed by atoms with Crippen LogP contribution in [0.4, 0.5) is 0 Å². The van der Waals surface area contributed by atoms with Crippen molar-refractivity contribution < 1.29 is 9.90 Å². The van der Waals surface area contributed by atoms with E-state index in [1.807, 2.05) is 0 Å². The van der Waals surface area contributed by atoms with Crippen molar-refractivity contribution in [1.82, 2.24) is 4.98 Å². The molecule has 0 unspecified atom stereocenters. The number of nitrogens with zero attached hydrogens (tertiary/aromatic N) is 1. The third-order valence-electron chi connectivity index (χ3n) is 2.76. The predicted octanol–water partition coefficient (Wildman–Crippen LogP) is 2.83. The summed E-state index contributed by atoms with van der Waals surface area (Å²) < 4.78 is 0.908. The van der Waals surface area contributed by atoms with Crippen molar-refractivity contribution in [1.29, 1.82) is 0 Å². The predicted molar refractivity (Wildman–Crippen MR) is 66.3 cm³/mol. The molecule has 0 fully saturated rings. The monoisotopic (exact) mass is 257 g/mol. The van der Waals surface area contributed by atoms with Crippen molar-refractivity contribution in [3.8, 4) is 0 Å². The molecular weight excluding hydrogens is 242 g/mol. The zero-order valence-corrected chi connectivity index (χ0v) is 11.1. The molecule has 0 saturated heterocycles. The Morgan fingerprint density at radius 2 is 2.38 bits per heavy atom. The molecule has 1 aliphatic rings. The first-order valence-electron chi connectivity index (χ1n) is 5.29. The second kappa shape index (κ2) is 4.37. The summed E-state index contributed by atoms with van der Waals surface area (Å²) in [7, 11) is 0. The smallest absolute Gasteiger partial charge is 0.313 e. The topological polar surface area (TPSA) is 50.2 Å². The fourth-order valence-corrected chi connectivity index (χ4v) is 4.09. The van der Waals surface area contributed by atoms with Gasteiger partial charge in [-0.1, -0.05) is 25.6 Å². The van der Waals surface area contributed by atoms with Gasteiger partial charge in [-0.3, -0.25) is 4.79 Å². The Hall–Kier alpha value is -0.550. The molecule has 0 atom stereocenters. The van der Waals surface area contributed by atoms with Crippen LogP contribution in [0.25, 0.3) is 0 Å². The molecule has 0 radical (unpaired) electrons. The molecule has 1 aliphatic carbocycles. The van der Waals surface area contributed by atoms with Crippen LogP contribution >= 0.6 is 23.1 Å². The van der Waals surface area contributed by atoms with Crippen LogP contribution in [0.5, 0.6) is 0 Å². The number of aliphatic carboxylic acids is 1. The van der Waals surface area contributed by atoms with E-state index in [0.29, 0.717) is 5.41 Å². The molecule has 88 valence electrons. The van der Waals surface area contributed by atoms with Crippen LogP contribution < -0.4 is 0 Å². The van der Waals surface area contributed by atoms with Crippen LogP contribution in [-0.4, -0.2) is 21.8 Å². The first-order chi connectivity index (χ1) is 7.46. The van der Waals surface area contributed by atoms with Crippen LogP contribution in [-0.2, 0) is 17.6 Å². The van der Waals surface area contributed by atoms with Gasteiger partial charge in [-0.15, -0.1) is 11.3 Å². The highest BCUT2D eigenvalue weighted by molar-refractivity contribution is 8.01. The highest BCUT2D eigenvalue weighted by Crippen LogP contribution is 2.39. The Kier molecular flexibility index (Phi) is 3.26. The molecule has 0 aliphatic heterocycles. The second-order valence-corrected chi connectivity index (χ2v) is 7.18. The molecule has 1 aromatic heterocycles. The van der Waals surface area contributed by atoms with Crippen LogP contribution in [0.3, 0.4) is 0 Å². The standard InChI is InChI=1S/C11H15NO2S2/c1-11(2)4-3-7-8(5-11)16-10(12-7)15-6-9(13)14/h3-6H2,1-2H3,(H,13,14). The van der Waals surface area contributed by atoms with E-state index in [4.69, 9.17) is 5.11 Å². The van der Waals surface area contributed by atoms with E-state index in [9.17, 15) is 4.79 Å². The van der Waals surface area contributed by atoms with E-state index >= 15 is 0 Å². The number of aromatic nitrogens is 1. The van der Waals surface area contributed by atoms with Gasteiger partial charge in [-0.2, -0.15) is 0 Å². The lowest BCUT2D eigenvalue weighted by atomic mass is 9.79. The summed E-state index contributed by atoms with van der Waals surface area (Å²) in [6.45, 7) is 4.56. The van der Waals surface area contributed by atoms with Crippen molar-refractivity contribution in [2.75, 3.05) is 5.75 Å². The van der Waals surface area contributed by atoms with Gasteiger partial charge in [0.15, 0.2) is 4.34 Å². The van der Waals surface area contributed by atoms with Crippen LogP contribution in [0.2, 0.25) is 0 Å². The number of rotatable bonds is 3.